The highest BCUT2D eigenvalue weighted by Crippen LogP contribution is 2.20. The zero-order chi connectivity index (χ0) is 8.97. The maximum Gasteiger partial charge on any atom is 0.121 e. The number of ether oxygens (including phenoxy) is 1. The Hall–Kier alpha value is -1.18. The summed E-state index contributed by atoms with van der Waals surface area (Å²) in [4.78, 5) is 0. The number of aryl methyl sites for hydroxylation is 1. The van der Waals surface area contributed by atoms with E-state index in [1.54, 1.807) is 7.11 Å². The average molecular weight is 165 g/mol. The molecule has 2 nitrogen and oxygen atoms in total. The summed E-state index contributed by atoms with van der Waals surface area (Å²) in [6.45, 7) is 2.13. The average Bonchev–Trinajstić information content (AvgIpc) is 2.16. The normalized spacial score (nSPS) is 9.58. The lowest BCUT2D eigenvalue weighted by Crippen LogP contribution is -1.92. The molecule has 0 aromatic heterocycles. The predicted molar refractivity (Wildman–Crippen MR) is 51.9 cm³/mol. The van der Waals surface area contributed by atoms with Crippen LogP contribution in [0, 0.1) is 0 Å². The van der Waals surface area contributed by atoms with Crippen molar-refractivity contribution in [3.63, 3.8) is 0 Å². The molecule has 0 spiro atoms. The van der Waals surface area contributed by atoms with Gasteiger partial charge in [0.25, 0.3) is 0 Å². The Morgan fingerprint density at radius 3 is 2.58 bits per heavy atom. The van der Waals surface area contributed by atoms with Gasteiger partial charge in [0.2, 0.25) is 0 Å². The SMILES string of the molecule is CCc1cc(NC)cc(OC)c1. The highest BCUT2D eigenvalue weighted by Gasteiger charge is 1.97. The first kappa shape index (κ1) is 8.91. The lowest BCUT2D eigenvalue weighted by atomic mass is 10.1. The van der Waals surface area contributed by atoms with Crippen molar-refractivity contribution < 1.29 is 4.74 Å². The van der Waals surface area contributed by atoms with Crippen molar-refractivity contribution in [1.29, 1.82) is 0 Å². The minimum atomic E-state index is 0.915. The fourth-order valence-corrected chi connectivity index (χ4v) is 1.13. The number of nitrogens with one attached hydrogen (secondary N) is 1. The Balaban J connectivity index is 3.01. The summed E-state index contributed by atoms with van der Waals surface area (Å²) < 4.78 is 5.16. The highest BCUT2D eigenvalue weighted by molar-refractivity contribution is 5.50. The van der Waals surface area contributed by atoms with E-state index in [0.717, 1.165) is 17.9 Å². The molecule has 0 aliphatic carbocycles. The number of hydrogen-bond donors (Lipinski definition) is 1. The fourth-order valence-electron chi connectivity index (χ4n) is 1.13. The quantitative estimate of drug-likeness (QED) is 0.742. The lowest BCUT2D eigenvalue weighted by Gasteiger charge is -2.06. The summed E-state index contributed by atoms with van der Waals surface area (Å²) in [5, 5.41) is 3.10. The summed E-state index contributed by atoms with van der Waals surface area (Å²) in [7, 11) is 3.60. The fraction of sp³-hybridized carbons (Fsp3) is 0.400. The van der Waals surface area contributed by atoms with Crippen LogP contribution in [0.1, 0.15) is 12.5 Å². The van der Waals surface area contributed by atoms with Crippen molar-refractivity contribution in [1.82, 2.24) is 0 Å². The Kier molecular flexibility index (Phi) is 2.97. The largest absolute Gasteiger partial charge is 0.497 e. The van der Waals surface area contributed by atoms with Crippen LogP contribution < -0.4 is 10.1 Å². The van der Waals surface area contributed by atoms with Crippen LogP contribution in [0.5, 0.6) is 5.75 Å². The summed E-state index contributed by atoms with van der Waals surface area (Å²) in [5.41, 5.74) is 2.39. The molecular formula is C10H15NO. The molecule has 0 fully saturated rings. The maximum atomic E-state index is 5.16. The Morgan fingerprint density at radius 1 is 1.33 bits per heavy atom. The minimum Gasteiger partial charge on any atom is -0.497 e. The number of hydrogen-bond acceptors (Lipinski definition) is 2. The van der Waals surface area contributed by atoms with Gasteiger partial charge in [0.15, 0.2) is 0 Å². The topological polar surface area (TPSA) is 21.3 Å². The number of anilines is 1. The van der Waals surface area contributed by atoms with Crippen molar-refractivity contribution in [2.45, 2.75) is 13.3 Å². The van der Waals surface area contributed by atoms with E-state index in [-0.39, 0.29) is 0 Å². The highest BCUT2D eigenvalue weighted by atomic mass is 16.5. The van der Waals surface area contributed by atoms with Crippen molar-refractivity contribution in [3.05, 3.63) is 23.8 Å². The van der Waals surface area contributed by atoms with Crippen molar-refractivity contribution >= 4 is 5.69 Å². The molecule has 0 aliphatic rings. The van der Waals surface area contributed by atoms with Crippen LogP contribution in [0.2, 0.25) is 0 Å². The molecule has 0 unspecified atom stereocenters. The molecule has 1 N–H and O–H groups in total. The predicted octanol–water partition coefficient (Wildman–Crippen LogP) is 2.30. The summed E-state index contributed by atoms with van der Waals surface area (Å²) in [6, 6.07) is 6.17. The lowest BCUT2D eigenvalue weighted by molar-refractivity contribution is 0.414. The smallest absolute Gasteiger partial charge is 0.121 e. The van der Waals surface area contributed by atoms with Crippen LogP contribution in [0.4, 0.5) is 5.69 Å². The minimum absolute atomic E-state index is 0.915. The summed E-state index contributed by atoms with van der Waals surface area (Å²) >= 11 is 0. The molecule has 0 saturated heterocycles. The van der Waals surface area contributed by atoms with Gasteiger partial charge < -0.3 is 10.1 Å². The zero-order valence-corrected chi connectivity index (χ0v) is 7.85. The number of rotatable bonds is 3. The third-order valence-electron chi connectivity index (χ3n) is 1.90. The van der Waals surface area contributed by atoms with E-state index in [1.165, 1.54) is 5.56 Å². The van der Waals surface area contributed by atoms with Gasteiger partial charge in [0.1, 0.15) is 5.75 Å². The van der Waals surface area contributed by atoms with Crippen molar-refractivity contribution in [2.75, 3.05) is 19.5 Å². The third-order valence-corrected chi connectivity index (χ3v) is 1.90. The molecule has 66 valence electrons. The van der Waals surface area contributed by atoms with Crippen LogP contribution in [0.3, 0.4) is 0 Å². The van der Waals surface area contributed by atoms with Gasteiger partial charge in [-0.2, -0.15) is 0 Å². The van der Waals surface area contributed by atoms with Gasteiger partial charge in [0.05, 0.1) is 7.11 Å². The van der Waals surface area contributed by atoms with Crippen LogP contribution in [-0.4, -0.2) is 14.2 Å². The van der Waals surface area contributed by atoms with E-state index in [9.17, 15) is 0 Å². The van der Waals surface area contributed by atoms with E-state index < -0.39 is 0 Å². The van der Waals surface area contributed by atoms with Gasteiger partial charge in [-0.15, -0.1) is 0 Å². The van der Waals surface area contributed by atoms with E-state index in [0.29, 0.717) is 0 Å². The van der Waals surface area contributed by atoms with Crippen LogP contribution in [0.25, 0.3) is 0 Å². The molecule has 0 radical (unpaired) electrons. The molecule has 2 heteroatoms. The van der Waals surface area contributed by atoms with Crippen LogP contribution in [-0.2, 0) is 6.42 Å². The Labute approximate surface area is 73.6 Å². The molecule has 0 aliphatic heterocycles. The van der Waals surface area contributed by atoms with Gasteiger partial charge in [-0.05, 0) is 24.1 Å². The molecule has 0 heterocycles. The van der Waals surface area contributed by atoms with E-state index in [2.05, 4.69) is 24.4 Å². The third kappa shape index (κ3) is 1.91. The summed E-state index contributed by atoms with van der Waals surface area (Å²) in [6.07, 6.45) is 1.03. The van der Waals surface area contributed by atoms with Gasteiger partial charge in [-0.3, -0.25) is 0 Å². The first-order valence-electron chi connectivity index (χ1n) is 4.16. The molecule has 0 amide bonds. The second-order valence-corrected chi connectivity index (χ2v) is 2.67. The number of methoxy groups -OCH3 is 1. The standard InChI is InChI=1S/C10H15NO/c1-4-8-5-9(11-2)7-10(6-8)12-3/h5-7,11H,4H2,1-3H3. The first-order valence-corrected chi connectivity index (χ1v) is 4.16. The zero-order valence-electron chi connectivity index (χ0n) is 7.85. The second kappa shape index (κ2) is 4.00. The number of benzene rings is 1. The van der Waals surface area contributed by atoms with Gasteiger partial charge in [-0.1, -0.05) is 6.92 Å². The van der Waals surface area contributed by atoms with E-state index >= 15 is 0 Å². The van der Waals surface area contributed by atoms with Crippen LogP contribution in [0.15, 0.2) is 18.2 Å². The Morgan fingerprint density at radius 2 is 2.08 bits per heavy atom. The molecular weight excluding hydrogens is 150 g/mol. The molecule has 1 aromatic rings. The first-order chi connectivity index (χ1) is 5.80. The monoisotopic (exact) mass is 165 g/mol. The van der Waals surface area contributed by atoms with Crippen LogP contribution >= 0.6 is 0 Å². The molecule has 12 heavy (non-hydrogen) atoms. The van der Waals surface area contributed by atoms with Gasteiger partial charge in [0, 0.05) is 18.8 Å². The van der Waals surface area contributed by atoms with E-state index in [4.69, 9.17) is 4.74 Å². The van der Waals surface area contributed by atoms with Gasteiger partial charge >= 0.3 is 0 Å². The molecule has 1 rings (SSSR count). The molecule has 0 bridgehead atoms. The Bertz CT molecular complexity index is 203. The second-order valence-electron chi connectivity index (χ2n) is 2.67. The van der Waals surface area contributed by atoms with E-state index in [1.807, 2.05) is 13.1 Å². The molecule has 0 saturated carbocycles. The molecule has 1 aromatic carbocycles. The summed E-state index contributed by atoms with van der Waals surface area (Å²) in [5.74, 6) is 0.915. The van der Waals surface area contributed by atoms with Crippen molar-refractivity contribution in [2.24, 2.45) is 0 Å². The maximum absolute atomic E-state index is 5.16. The van der Waals surface area contributed by atoms with Crippen molar-refractivity contribution in [3.8, 4) is 5.75 Å². The van der Waals surface area contributed by atoms with Gasteiger partial charge in [-0.25, -0.2) is 0 Å². The molecule has 0 atom stereocenters.